The molecule has 0 aliphatic heterocycles. The summed E-state index contributed by atoms with van der Waals surface area (Å²) in [5.41, 5.74) is 1.61. The molecule has 0 spiro atoms. The van der Waals surface area contributed by atoms with Crippen LogP contribution in [-0.4, -0.2) is 5.11 Å². The third-order valence-electron chi connectivity index (χ3n) is 1.86. The molecule has 1 rings (SSSR count). The van der Waals surface area contributed by atoms with Crippen LogP contribution in [0.4, 0.5) is 0 Å². The number of hydrogen-bond acceptors (Lipinski definition) is 1. The van der Waals surface area contributed by atoms with Crippen molar-refractivity contribution < 1.29 is 5.11 Å². The highest BCUT2D eigenvalue weighted by atomic mass is 35.5. The van der Waals surface area contributed by atoms with Gasteiger partial charge in [0.05, 0.1) is 6.10 Å². The van der Waals surface area contributed by atoms with Crippen molar-refractivity contribution in [2.24, 2.45) is 0 Å². The maximum Gasteiger partial charge on any atom is 0.0841 e. The first-order valence-corrected chi connectivity index (χ1v) is 5.03. The van der Waals surface area contributed by atoms with E-state index < -0.39 is 6.10 Å². The van der Waals surface area contributed by atoms with E-state index in [-0.39, 0.29) is 0 Å². The summed E-state index contributed by atoms with van der Waals surface area (Å²) in [4.78, 5) is 0. The van der Waals surface area contributed by atoms with Crippen molar-refractivity contribution in [2.75, 3.05) is 0 Å². The second kappa shape index (κ2) is 4.83. The van der Waals surface area contributed by atoms with Gasteiger partial charge in [-0.15, -0.1) is 6.58 Å². The van der Waals surface area contributed by atoms with Gasteiger partial charge >= 0.3 is 0 Å². The fourth-order valence-corrected chi connectivity index (χ4v) is 1.75. The fraction of sp³-hybridized carbons (Fsp3) is 0.273. The van der Waals surface area contributed by atoms with Gasteiger partial charge in [0.1, 0.15) is 0 Å². The Bertz CT molecular complexity index is 347. The molecule has 3 heteroatoms. The second-order valence-corrected chi connectivity index (χ2v) is 4.19. The highest BCUT2D eigenvalue weighted by molar-refractivity contribution is 6.35. The molecule has 14 heavy (non-hydrogen) atoms. The highest BCUT2D eigenvalue weighted by Crippen LogP contribution is 2.29. The van der Waals surface area contributed by atoms with Gasteiger partial charge in [-0.05, 0) is 31.0 Å². The molecule has 0 aromatic heterocycles. The van der Waals surface area contributed by atoms with Crippen molar-refractivity contribution in [1.29, 1.82) is 0 Å². The monoisotopic (exact) mass is 230 g/mol. The first kappa shape index (κ1) is 11.6. The molecule has 1 aromatic carbocycles. The van der Waals surface area contributed by atoms with E-state index in [9.17, 15) is 5.11 Å². The number of benzene rings is 1. The Morgan fingerprint density at radius 1 is 1.50 bits per heavy atom. The minimum atomic E-state index is -0.600. The van der Waals surface area contributed by atoms with E-state index in [2.05, 4.69) is 6.58 Å². The topological polar surface area (TPSA) is 20.2 Å². The molecule has 1 N–H and O–H groups in total. The fourth-order valence-electron chi connectivity index (χ4n) is 1.21. The van der Waals surface area contributed by atoms with Crippen molar-refractivity contribution >= 4 is 23.2 Å². The number of halogens is 2. The van der Waals surface area contributed by atoms with Crippen molar-refractivity contribution in [1.82, 2.24) is 0 Å². The summed E-state index contributed by atoms with van der Waals surface area (Å²) >= 11 is 11.7. The van der Waals surface area contributed by atoms with E-state index in [0.717, 1.165) is 5.57 Å². The predicted molar refractivity (Wildman–Crippen MR) is 60.9 cm³/mol. The van der Waals surface area contributed by atoms with Crippen molar-refractivity contribution in [2.45, 2.75) is 19.4 Å². The van der Waals surface area contributed by atoms with E-state index in [4.69, 9.17) is 23.2 Å². The van der Waals surface area contributed by atoms with Gasteiger partial charge in [-0.3, -0.25) is 0 Å². The first-order valence-electron chi connectivity index (χ1n) is 4.28. The summed E-state index contributed by atoms with van der Waals surface area (Å²) in [6, 6.07) is 5.07. The van der Waals surface area contributed by atoms with Crippen molar-refractivity contribution in [3.8, 4) is 0 Å². The quantitative estimate of drug-likeness (QED) is 0.779. The minimum Gasteiger partial charge on any atom is -0.388 e. The molecule has 1 aromatic rings. The van der Waals surface area contributed by atoms with Gasteiger partial charge in [0.25, 0.3) is 0 Å². The molecule has 1 nitrogen and oxygen atoms in total. The lowest BCUT2D eigenvalue weighted by molar-refractivity contribution is 0.178. The van der Waals surface area contributed by atoms with Gasteiger partial charge in [-0.1, -0.05) is 34.8 Å². The maximum absolute atomic E-state index is 9.77. The van der Waals surface area contributed by atoms with E-state index in [1.165, 1.54) is 0 Å². The largest absolute Gasteiger partial charge is 0.388 e. The van der Waals surface area contributed by atoms with Gasteiger partial charge in [0, 0.05) is 10.0 Å². The van der Waals surface area contributed by atoms with Crippen LogP contribution in [0.5, 0.6) is 0 Å². The molecular weight excluding hydrogens is 219 g/mol. The van der Waals surface area contributed by atoms with Crippen molar-refractivity contribution in [3.05, 3.63) is 46.0 Å². The van der Waals surface area contributed by atoms with Crippen LogP contribution in [0.1, 0.15) is 25.0 Å². The molecule has 0 heterocycles. The molecule has 1 atom stereocenters. The molecular formula is C11H12Cl2O. The predicted octanol–water partition coefficient (Wildman–Crippen LogP) is 3.99. The number of hydrogen-bond donors (Lipinski definition) is 1. The van der Waals surface area contributed by atoms with Crippen LogP contribution in [0.25, 0.3) is 0 Å². The van der Waals surface area contributed by atoms with Gasteiger partial charge in [-0.2, -0.15) is 0 Å². The Morgan fingerprint density at radius 3 is 2.64 bits per heavy atom. The number of aliphatic hydroxyl groups excluding tert-OH is 1. The second-order valence-electron chi connectivity index (χ2n) is 3.34. The summed E-state index contributed by atoms with van der Waals surface area (Å²) < 4.78 is 0. The molecule has 0 saturated heterocycles. The summed E-state index contributed by atoms with van der Waals surface area (Å²) in [5, 5.41) is 10.8. The lowest BCUT2D eigenvalue weighted by Crippen LogP contribution is -1.98. The van der Waals surface area contributed by atoms with Crippen LogP contribution in [0.2, 0.25) is 10.0 Å². The van der Waals surface area contributed by atoms with E-state index in [1.807, 2.05) is 6.92 Å². The molecule has 0 radical (unpaired) electrons. The Balaban J connectivity index is 2.90. The van der Waals surface area contributed by atoms with Crippen LogP contribution < -0.4 is 0 Å². The lowest BCUT2D eigenvalue weighted by atomic mass is 10.0. The highest BCUT2D eigenvalue weighted by Gasteiger charge is 2.11. The normalized spacial score (nSPS) is 12.6. The molecule has 0 aliphatic rings. The summed E-state index contributed by atoms with van der Waals surface area (Å²) in [6.07, 6.45) is -0.0845. The van der Waals surface area contributed by atoms with Crippen LogP contribution in [-0.2, 0) is 0 Å². The zero-order valence-corrected chi connectivity index (χ0v) is 9.44. The zero-order chi connectivity index (χ0) is 10.7. The molecule has 1 unspecified atom stereocenters. The Hall–Kier alpha value is -0.500. The molecule has 0 saturated carbocycles. The van der Waals surface area contributed by atoms with E-state index >= 15 is 0 Å². The van der Waals surface area contributed by atoms with Gasteiger partial charge < -0.3 is 5.11 Å². The Labute approximate surface area is 94.0 Å². The summed E-state index contributed by atoms with van der Waals surface area (Å²) in [7, 11) is 0. The molecule has 0 bridgehead atoms. The third-order valence-corrected chi connectivity index (χ3v) is 2.43. The molecule has 0 fully saturated rings. The standard InChI is InChI=1S/C11H12Cl2O/c1-7(2)5-11(14)9-4-3-8(12)6-10(9)13/h3-4,6,11,14H,1,5H2,2H3. The smallest absolute Gasteiger partial charge is 0.0841 e. The SMILES string of the molecule is C=C(C)CC(O)c1ccc(Cl)cc1Cl. The van der Waals surface area contributed by atoms with Crippen LogP contribution >= 0.6 is 23.2 Å². The maximum atomic E-state index is 9.77. The molecule has 0 aliphatic carbocycles. The van der Waals surface area contributed by atoms with E-state index in [1.54, 1.807) is 18.2 Å². The van der Waals surface area contributed by atoms with Crippen LogP contribution in [0.15, 0.2) is 30.4 Å². The van der Waals surface area contributed by atoms with Gasteiger partial charge in [0.2, 0.25) is 0 Å². The number of aliphatic hydroxyl groups is 1. The van der Waals surface area contributed by atoms with Gasteiger partial charge in [0.15, 0.2) is 0 Å². The molecule has 0 amide bonds. The number of rotatable bonds is 3. The van der Waals surface area contributed by atoms with Crippen LogP contribution in [0.3, 0.4) is 0 Å². The zero-order valence-electron chi connectivity index (χ0n) is 7.93. The van der Waals surface area contributed by atoms with E-state index in [0.29, 0.717) is 22.0 Å². The average molecular weight is 231 g/mol. The first-order chi connectivity index (χ1) is 6.50. The summed E-state index contributed by atoms with van der Waals surface area (Å²) in [5.74, 6) is 0. The van der Waals surface area contributed by atoms with Crippen LogP contribution in [0, 0.1) is 0 Å². The summed E-state index contributed by atoms with van der Waals surface area (Å²) in [6.45, 7) is 5.61. The molecule has 76 valence electrons. The third kappa shape index (κ3) is 3.02. The minimum absolute atomic E-state index is 0.492. The lowest BCUT2D eigenvalue weighted by Gasteiger charge is -2.12. The van der Waals surface area contributed by atoms with Crippen molar-refractivity contribution in [3.63, 3.8) is 0 Å². The Morgan fingerprint density at radius 2 is 2.14 bits per heavy atom. The Kier molecular flexibility index (Phi) is 3.99. The average Bonchev–Trinajstić information content (AvgIpc) is 2.01. The van der Waals surface area contributed by atoms with Gasteiger partial charge in [-0.25, -0.2) is 0 Å².